The number of nitrogens with one attached hydrogen (secondary N) is 1. The summed E-state index contributed by atoms with van der Waals surface area (Å²) in [4.78, 5) is 6.85. The maximum Gasteiger partial charge on any atom is 0.149 e. The maximum absolute atomic E-state index is 4.35. The van der Waals surface area contributed by atoms with Crippen molar-refractivity contribution in [2.24, 2.45) is 0 Å². The van der Waals surface area contributed by atoms with Gasteiger partial charge in [0.1, 0.15) is 5.82 Å². The highest BCUT2D eigenvalue weighted by Crippen LogP contribution is 2.32. The predicted octanol–water partition coefficient (Wildman–Crippen LogP) is 1.43. The third-order valence-corrected chi connectivity index (χ3v) is 3.92. The van der Waals surface area contributed by atoms with Gasteiger partial charge in [-0.05, 0) is 12.1 Å². The van der Waals surface area contributed by atoms with Crippen molar-refractivity contribution in [2.75, 3.05) is 34.8 Å². The highest BCUT2D eigenvalue weighted by Gasteiger charge is 2.28. The highest BCUT2D eigenvalue weighted by molar-refractivity contribution is 7.99. The van der Waals surface area contributed by atoms with Crippen LogP contribution in [0.5, 0.6) is 0 Å². The Morgan fingerprint density at radius 3 is 3.57 bits per heavy atom. The Hall–Kier alpha value is -0.900. The second kappa shape index (κ2) is 3.35. The molecular formula is C10H13N3S. The zero-order valence-electron chi connectivity index (χ0n) is 7.94. The van der Waals surface area contributed by atoms with Gasteiger partial charge in [-0.15, -0.1) is 0 Å². The summed E-state index contributed by atoms with van der Waals surface area (Å²) in [7, 11) is 0. The van der Waals surface area contributed by atoms with Crippen LogP contribution < -0.4 is 10.2 Å². The SMILES string of the molecule is c1cnc2c(c1)N1CCSCC1CN2. The van der Waals surface area contributed by atoms with Gasteiger partial charge in [-0.25, -0.2) is 4.98 Å². The van der Waals surface area contributed by atoms with E-state index in [1.807, 2.05) is 12.3 Å². The van der Waals surface area contributed by atoms with Gasteiger partial charge in [-0.1, -0.05) is 0 Å². The summed E-state index contributed by atoms with van der Waals surface area (Å²) in [5, 5.41) is 3.40. The van der Waals surface area contributed by atoms with Gasteiger partial charge in [0.25, 0.3) is 0 Å². The molecule has 0 amide bonds. The summed E-state index contributed by atoms with van der Waals surface area (Å²) in [5.74, 6) is 3.53. The van der Waals surface area contributed by atoms with Crippen molar-refractivity contribution >= 4 is 23.3 Å². The summed E-state index contributed by atoms with van der Waals surface area (Å²) in [6.45, 7) is 2.20. The molecule has 1 atom stereocenters. The molecule has 14 heavy (non-hydrogen) atoms. The van der Waals surface area contributed by atoms with E-state index in [0.717, 1.165) is 18.9 Å². The van der Waals surface area contributed by atoms with Crippen LogP contribution in [0.1, 0.15) is 0 Å². The smallest absolute Gasteiger partial charge is 0.149 e. The molecule has 0 spiro atoms. The molecule has 1 aromatic heterocycles. The van der Waals surface area contributed by atoms with E-state index >= 15 is 0 Å². The molecule has 1 N–H and O–H groups in total. The van der Waals surface area contributed by atoms with Crippen LogP contribution in [0.3, 0.4) is 0 Å². The molecule has 0 bridgehead atoms. The number of thioether (sulfide) groups is 1. The normalized spacial score (nSPS) is 24.9. The molecule has 3 nitrogen and oxygen atoms in total. The molecule has 2 aliphatic heterocycles. The van der Waals surface area contributed by atoms with E-state index in [1.54, 1.807) is 0 Å². The fourth-order valence-electron chi connectivity index (χ4n) is 2.12. The van der Waals surface area contributed by atoms with Crippen LogP contribution in [-0.2, 0) is 0 Å². The number of rotatable bonds is 0. The lowest BCUT2D eigenvalue weighted by molar-refractivity contribution is 0.652. The average molecular weight is 207 g/mol. The first kappa shape index (κ1) is 8.41. The quantitative estimate of drug-likeness (QED) is 0.696. The molecule has 3 rings (SSSR count). The van der Waals surface area contributed by atoms with Gasteiger partial charge in [0.2, 0.25) is 0 Å². The topological polar surface area (TPSA) is 28.2 Å². The fraction of sp³-hybridized carbons (Fsp3) is 0.500. The van der Waals surface area contributed by atoms with E-state index in [2.05, 4.69) is 33.0 Å². The van der Waals surface area contributed by atoms with Crippen molar-refractivity contribution < 1.29 is 0 Å². The van der Waals surface area contributed by atoms with Crippen LogP contribution in [0.4, 0.5) is 11.5 Å². The molecule has 0 aliphatic carbocycles. The minimum absolute atomic E-state index is 0.658. The molecule has 1 fully saturated rings. The van der Waals surface area contributed by atoms with Crippen LogP contribution in [0.2, 0.25) is 0 Å². The number of hydrogen-bond acceptors (Lipinski definition) is 4. The van der Waals surface area contributed by atoms with E-state index in [0.29, 0.717) is 6.04 Å². The maximum atomic E-state index is 4.35. The summed E-state index contributed by atoms with van der Waals surface area (Å²) >= 11 is 2.05. The van der Waals surface area contributed by atoms with Crippen molar-refractivity contribution in [3.05, 3.63) is 18.3 Å². The fourth-order valence-corrected chi connectivity index (χ4v) is 3.18. The molecule has 1 saturated heterocycles. The average Bonchev–Trinajstić information content (AvgIpc) is 2.29. The Balaban J connectivity index is 1.99. The number of aromatic nitrogens is 1. The van der Waals surface area contributed by atoms with Gasteiger partial charge in [0.15, 0.2) is 0 Å². The first-order valence-corrected chi connectivity index (χ1v) is 6.14. The molecule has 0 radical (unpaired) electrons. The van der Waals surface area contributed by atoms with Gasteiger partial charge in [-0.2, -0.15) is 11.8 Å². The Morgan fingerprint density at radius 1 is 1.57 bits per heavy atom. The molecule has 4 heteroatoms. The first-order valence-electron chi connectivity index (χ1n) is 4.98. The van der Waals surface area contributed by atoms with Gasteiger partial charge >= 0.3 is 0 Å². The lowest BCUT2D eigenvalue weighted by atomic mass is 10.2. The van der Waals surface area contributed by atoms with Gasteiger partial charge in [0.05, 0.1) is 11.7 Å². The van der Waals surface area contributed by atoms with Gasteiger partial charge < -0.3 is 10.2 Å². The molecule has 1 aromatic rings. The molecule has 3 heterocycles. The molecule has 2 aliphatic rings. The summed E-state index contributed by atoms with van der Waals surface area (Å²) in [6.07, 6.45) is 1.85. The number of pyridine rings is 1. The Bertz CT molecular complexity index is 342. The summed E-state index contributed by atoms with van der Waals surface area (Å²) in [6, 6.07) is 4.84. The Labute approximate surface area is 87.9 Å². The first-order chi connectivity index (χ1) is 6.95. The summed E-state index contributed by atoms with van der Waals surface area (Å²) < 4.78 is 0. The van der Waals surface area contributed by atoms with E-state index in [9.17, 15) is 0 Å². The third kappa shape index (κ3) is 1.25. The Kier molecular flexibility index (Phi) is 2.01. The van der Waals surface area contributed by atoms with Crippen LogP contribution in [0.15, 0.2) is 18.3 Å². The third-order valence-electron chi connectivity index (χ3n) is 2.83. The largest absolute Gasteiger partial charge is 0.366 e. The van der Waals surface area contributed by atoms with Crippen molar-refractivity contribution in [3.63, 3.8) is 0 Å². The van der Waals surface area contributed by atoms with Crippen molar-refractivity contribution in [3.8, 4) is 0 Å². The molecular weight excluding hydrogens is 194 g/mol. The van der Waals surface area contributed by atoms with Crippen molar-refractivity contribution in [2.45, 2.75) is 6.04 Å². The Morgan fingerprint density at radius 2 is 2.57 bits per heavy atom. The van der Waals surface area contributed by atoms with Crippen molar-refractivity contribution in [1.29, 1.82) is 0 Å². The highest BCUT2D eigenvalue weighted by atomic mass is 32.2. The number of fused-ring (bicyclic) bond motifs is 3. The number of nitrogens with zero attached hydrogens (tertiary/aromatic N) is 2. The zero-order valence-corrected chi connectivity index (χ0v) is 8.76. The van der Waals surface area contributed by atoms with E-state index in [4.69, 9.17) is 0 Å². The minimum atomic E-state index is 0.658. The van der Waals surface area contributed by atoms with Crippen LogP contribution >= 0.6 is 11.8 Å². The van der Waals surface area contributed by atoms with E-state index in [-0.39, 0.29) is 0 Å². The van der Waals surface area contributed by atoms with E-state index < -0.39 is 0 Å². The molecule has 74 valence electrons. The van der Waals surface area contributed by atoms with Gasteiger partial charge in [0, 0.05) is 30.8 Å². The lowest BCUT2D eigenvalue weighted by Crippen LogP contribution is -2.49. The monoisotopic (exact) mass is 207 g/mol. The van der Waals surface area contributed by atoms with E-state index in [1.165, 1.54) is 17.2 Å². The molecule has 1 unspecified atom stereocenters. The summed E-state index contributed by atoms with van der Waals surface area (Å²) in [5.41, 5.74) is 1.28. The van der Waals surface area contributed by atoms with Crippen molar-refractivity contribution in [1.82, 2.24) is 4.98 Å². The van der Waals surface area contributed by atoms with Crippen LogP contribution in [0, 0.1) is 0 Å². The molecule has 0 aromatic carbocycles. The zero-order chi connectivity index (χ0) is 9.38. The molecule has 0 saturated carbocycles. The predicted molar refractivity (Wildman–Crippen MR) is 61.2 cm³/mol. The second-order valence-corrected chi connectivity index (χ2v) is 4.82. The van der Waals surface area contributed by atoms with Gasteiger partial charge in [-0.3, -0.25) is 0 Å². The standard InChI is InChI=1S/C10H13N3S/c1-2-9-10(11-3-1)12-6-8-7-14-5-4-13(8)9/h1-3,8H,4-7H2,(H,11,12). The number of anilines is 2. The van der Waals surface area contributed by atoms with Crippen LogP contribution in [0.25, 0.3) is 0 Å². The lowest BCUT2D eigenvalue weighted by Gasteiger charge is -2.41. The van der Waals surface area contributed by atoms with Crippen LogP contribution in [-0.4, -0.2) is 35.6 Å². The minimum Gasteiger partial charge on any atom is -0.366 e. The number of hydrogen-bond donors (Lipinski definition) is 1. The second-order valence-electron chi connectivity index (χ2n) is 3.67.